The van der Waals surface area contributed by atoms with Crippen LogP contribution in [0, 0.1) is 0 Å². The minimum Gasteiger partial charge on any atom is -0.497 e. The molecule has 2 aromatic carbocycles. The summed E-state index contributed by atoms with van der Waals surface area (Å²) in [7, 11) is 4.76. The van der Waals surface area contributed by atoms with Crippen molar-refractivity contribution in [1.29, 1.82) is 0 Å². The van der Waals surface area contributed by atoms with E-state index in [1.807, 2.05) is 18.2 Å². The number of rotatable bonds is 8. The van der Waals surface area contributed by atoms with Gasteiger partial charge in [0, 0.05) is 18.0 Å². The summed E-state index contributed by atoms with van der Waals surface area (Å²) in [4.78, 5) is 16.1. The first-order valence-electron chi connectivity index (χ1n) is 8.72. The lowest BCUT2D eigenvalue weighted by Crippen LogP contribution is -2.11. The molecule has 1 heterocycles. The maximum Gasteiger partial charge on any atom is 0.339 e. The van der Waals surface area contributed by atoms with Crippen LogP contribution in [0.5, 0.6) is 17.2 Å². The lowest BCUT2D eigenvalue weighted by Gasteiger charge is -2.12. The van der Waals surface area contributed by atoms with Crippen molar-refractivity contribution in [2.45, 2.75) is 6.42 Å². The molecule has 1 aromatic heterocycles. The molecule has 0 unspecified atom stereocenters. The topological polar surface area (TPSA) is 89.9 Å². The molecule has 7 nitrogen and oxygen atoms in total. The number of fused-ring (bicyclic) bond motifs is 1. The fourth-order valence-electron chi connectivity index (χ4n) is 2.93. The van der Waals surface area contributed by atoms with Crippen LogP contribution in [0.25, 0.3) is 10.9 Å². The first-order chi connectivity index (χ1) is 13.5. The highest BCUT2D eigenvalue weighted by molar-refractivity contribution is 5.98. The van der Waals surface area contributed by atoms with E-state index in [0.717, 1.165) is 10.9 Å². The third-order valence-electron chi connectivity index (χ3n) is 4.41. The summed E-state index contributed by atoms with van der Waals surface area (Å²) in [6.45, 7) is 0.512. The van der Waals surface area contributed by atoms with E-state index in [1.54, 1.807) is 45.6 Å². The smallest absolute Gasteiger partial charge is 0.339 e. The number of methoxy groups -OCH3 is 3. The molecule has 0 saturated carbocycles. The number of carbonyl (C=O) groups is 1. The zero-order chi connectivity index (χ0) is 20.1. The van der Waals surface area contributed by atoms with Gasteiger partial charge in [0.2, 0.25) is 0 Å². The highest BCUT2D eigenvalue weighted by atomic mass is 16.5. The van der Waals surface area contributed by atoms with Crippen molar-refractivity contribution in [2.75, 3.05) is 33.2 Å². The summed E-state index contributed by atoms with van der Waals surface area (Å²) in [5.41, 5.74) is 1.83. The van der Waals surface area contributed by atoms with Crippen LogP contribution in [-0.2, 0) is 6.42 Å². The van der Waals surface area contributed by atoms with Crippen LogP contribution in [-0.4, -0.2) is 43.9 Å². The van der Waals surface area contributed by atoms with Crippen LogP contribution in [0.4, 0.5) is 5.82 Å². The average molecular weight is 382 g/mol. The minimum absolute atomic E-state index is 0.130. The van der Waals surface area contributed by atoms with Gasteiger partial charge in [0.15, 0.2) is 11.5 Å². The lowest BCUT2D eigenvalue weighted by atomic mass is 10.1. The van der Waals surface area contributed by atoms with E-state index < -0.39 is 5.97 Å². The molecular weight excluding hydrogens is 360 g/mol. The van der Waals surface area contributed by atoms with Crippen molar-refractivity contribution in [3.63, 3.8) is 0 Å². The predicted octanol–water partition coefficient (Wildman–Crippen LogP) is 3.61. The number of carboxylic acid groups (broad SMARTS) is 1. The van der Waals surface area contributed by atoms with E-state index in [0.29, 0.717) is 41.5 Å². The van der Waals surface area contributed by atoms with Crippen molar-refractivity contribution in [2.24, 2.45) is 0 Å². The second-order valence-electron chi connectivity index (χ2n) is 6.11. The highest BCUT2D eigenvalue weighted by Crippen LogP contribution is 2.28. The summed E-state index contributed by atoms with van der Waals surface area (Å²) in [6, 6.07) is 12.7. The predicted molar refractivity (Wildman–Crippen MR) is 107 cm³/mol. The Labute approximate surface area is 162 Å². The van der Waals surface area contributed by atoms with Gasteiger partial charge in [-0.05, 0) is 42.3 Å². The van der Waals surface area contributed by atoms with Gasteiger partial charge in [0.25, 0.3) is 0 Å². The van der Waals surface area contributed by atoms with Crippen LogP contribution in [0.1, 0.15) is 15.9 Å². The van der Waals surface area contributed by atoms with Gasteiger partial charge in [0.1, 0.15) is 17.1 Å². The largest absolute Gasteiger partial charge is 0.497 e. The number of benzene rings is 2. The van der Waals surface area contributed by atoms with E-state index in [9.17, 15) is 9.90 Å². The van der Waals surface area contributed by atoms with E-state index in [-0.39, 0.29) is 5.56 Å². The number of anilines is 1. The van der Waals surface area contributed by atoms with Crippen LogP contribution in [0.3, 0.4) is 0 Å². The number of hydrogen-bond acceptors (Lipinski definition) is 6. The summed E-state index contributed by atoms with van der Waals surface area (Å²) in [6.07, 6.45) is 0.664. The molecule has 0 bridgehead atoms. The molecule has 0 atom stereocenters. The molecule has 0 aliphatic heterocycles. The second-order valence-corrected chi connectivity index (χ2v) is 6.11. The molecule has 0 amide bonds. The number of hydrogen-bond donors (Lipinski definition) is 2. The molecule has 146 valence electrons. The Morgan fingerprint density at radius 2 is 1.79 bits per heavy atom. The van der Waals surface area contributed by atoms with E-state index in [1.165, 1.54) is 0 Å². The van der Waals surface area contributed by atoms with Crippen molar-refractivity contribution in [3.8, 4) is 17.2 Å². The summed E-state index contributed by atoms with van der Waals surface area (Å²) < 4.78 is 15.8. The standard InChI is InChI=1S/C21H22N2O5/c1-26-15-6-5-14-11-16(21(24)25)20(23-17(14)12-15)22-9-8-13-4-7-18(27-2)19(10-13)28-3/h4-7,10-12H,8-9H2,1-3H3,(H,22,23)(H,24,25). The Balaban J connectivity index is 1.81. The molecule has 3 aromatic rings. The summed E-state index contributed by atoms with van der Waals surface area (Å²) >= 11 is 0. The number of nitrogens with zero attached hydrogens (tertiary/aromatic N) is 1. The number of ether oxygens (including phenoxy) is 3. The molecule has 0 spiro atoms. The van der Waals surface area contributed by atoms with Gasteiger partial charge in [-0.25, -0.2) is 9.78 Å². The van der Waals surface area contributed by atoms with E-state index in [4.69, 9.17) is 14.2 Å². The lowest BCUT2D eigenvalue weighted by molar-refractivity contribution is 0.0697. The minimum atomic E-state index is -1.03. The molecule has 0 aliphatic carbocycles. The summed E-state index contributed by atoms with van der Waals surface area (Å²) in [5, 5.41) is 13.4. The van der Waals surface area contributed by atoms with Crippen molar-refractivity contribution in [1.82, 2.24) is 4.98 Å². The van der Waals surface area contributed by atoms with Crippen molar-refractivity contribution >= 4 is 22.7 Å². The third-order valence-corrected chi connectivity index (χ3v) is 4.41. The first-order valence-corrected chi connectivity index (χ1v) is 8.72. The number of aromatic carboxylic acids is 1. The number of carboxylic acids is 1. The Morgan fingerprint density at radius 3 is 2.46 bits per heavy atom. The SMILES string of the molecule is COc1ccc2cc(C(=O)O)c(NCCc3ccc(OC)c(OC)c3)nc2c1. The number of pyridine rings is 1. The van der Waals surface area contributed by atoms with Gasteiger partial charge in [-0.15, -0.1) is 0 Å². The van der Waals surface area contributed by atoms with E-state index >= 15 is 0 Å². The fraction of sp³-hybridized carbons (Fsp3) is 0.238. The Bertz CT molecular complexity index is 1000. The molecule has 28 heavy (non-hydrogen) atoms. The van der Waals surface area contributed by atoms with Gasteiger partial charge < -0.3 is 24.6 Å². The van der Waals surface area contributed by atoms with Gasteiger partial charge in [0.05, 0.1) is 26.8 Å². The quantitative estimate of drug-likeness (QED) is 0.615. The zero-order valence-electron chi connectivity index (χ0n) is 16.0. The van der Waals surface area contributed by atoms with Gasteiger partial charge in [-0.1, -0.05) is 6.07 Å². The van der Waals surface area contributed by atoms with E-state index in [2.05, 4.69) is 10.3 Å². The molecule has 2 N–H and O–H groups in total. The van der Waals surface area contributed by atoms with Crippen LogP contribution < -0.4 is 19.5 Å². The molecule has 0 radical (unpaired) electrons. The van der Waals surface area contributed by atoms with Gasteiger partial charge in [-0.3, -0.25) is 0 Å². The fourth-order valence-corrected chi connectivity index (χ4v) is 2.93. The van der Waals surface area contributed by atoms with Gasteiger partial charge in [-0.2, -0.15) is 0 Å². The normalized spacial score (nSPS) is 10.5. The number of aromatic nitrogens is 1. The third kappa shape index (κ3) is 4.09. The molecule has 7 heteroatoms. The van der Waals surface area contributed by atoms with Crippen LogP contribution in [0.2, 0.25) is 0 Å². The monoisotopic (exact) mass is 382 g/mol. The Morgan fingerprint density at radius 1 is 1.00 bits per heavy atom. The zero-order valence-corrected chi connectivity index (χ0v) is 16.0. The number of nitrogens with one attached hydrogen (secondary N) is 1. The molecule has 3 rings (SSSR count). The molecular formula is C21H22N2O5. The second kappa shape index (κ2) is 8.47. The average Bonchev–Trinajstić information content (AvgIpc) is 2.72. The Hall–Kier alpha value is -3.48. The van der Waals surface area contributed by atoms with Crippen LogP contribution in [0.15, 0.2) is 42.5 Å². The van der Waals surface area contributed by atoms with Crippen molar-refractivity contribution < 1.29 is 24.1 Å². The maximum atomic E-state index is 11.6. The maximum absolute atomic E-state index is 11.6. The molecule has 0 fully saturated rings. The molecule has 0 aliphatic rings. The molecule has 0 saturated heterocycles. The van der Waals surface area contributed by atoms with Crippen LogP contribution >= 0.6 is 0 Å². The van der Waals surface area contributed by atoms with Gasteiger partial charge >= 0.3 is 5.97 Å². The first kappa shape index (κ1) is 19.3. The van der Waals surface area contributed by atoms with Crippen molar-refractivity contribution in [3.05, 3.63) is 53.6 Å². The Kier molecular flexibility index (Phi) is 5.84. The summed E-state index contributed by atoms with van der Waals surface area (Å²) in [5.74, 6) is 1.28. The highest BCUT2D eigenvalue weighted by Gasteiger charge is 2.14.